The second-order valence-corrected chi connectivity index (χ2v) is 7.05. The van der Waals surface area contributed by atoms with Gasteiger partial charge in [0.25, 0.3) is 5.91 Å². The van der Waals surface area contributed by atoms with E-state index in [1.807, 2.05) is 37.3 Å². The van der Waals surface area contributed by atoms with E-state index in [1.165, 1.54) is 10.4 Å². The highest BCUT2D eigenvalue weighted by Crippen LogP contribution is 2.33. The summed E-state index contributed by atoms with van der Waals surface area (Å²) in [5.41, 5.74) is 7.30. The highest BCUT2D eigenvalue weighted by Gasteiger charge is 2.24. The zero-order chi connectivity index (χ0) is 16.5. The van der Waals surface area contributed by atoms with Gasteiger partial charge in [-0.2, -0.15) is 10.2 Å². The number of carbonyl (C=O) groups excluding carboxylic acids is 1. The number of aromatic amines is 1. The second kappa shape index (κ2) is 6.05. The first kappa shape index (κ1) is 14.8. The Kier molecular flexibility index (Phi) is 3.74. The van der Waals surface area contributed by atoms with E-state index in [0.29, 0.717) is 5.69 Å². The van der Waals surface area contributed by atoms with Crippen molar-refractivity contribution in [2.75, 3.05) is 0 Å². The fourth-order valence-electron chi connectivity index (χ4n) is 2.98. The first-order chi connectivity index (χ1) is 11.7. The van der Waals surface area contributed by atoms with Crippen molar-refractivity contribution in [1.29, 1.82) is 0 Å². The molecule has 0 bridgehead atoms. The standard InChI is InChI=1S/C18H16N4OS/c1-11-6-8-13(24-11)10-19-22-18(23)17-15-9-7-12-4-2-3-5-14(12)16(15)20-21-17/h2-6,8,10H,7,9H2,1H3,(H,20,21)(H,22,23)/b19-10-. The molecule has 4 rings (SSSR count). The average Bonchev–Trinajstić information content (AvgIpc) is 3.21. The Morgan fingerprint density at radius 3 is 3.00 bits per heavy atom. The molecule has 2 heterocycles. The lowest BCUT2D eigenvalue weighted by molar-refractivity contribution is 0.0949. The third kappa shape index (κ3) is 2.65. The summed E-state index contributed by atoms with van der Waals surface area (Å²) in [6, 6.07) is 12.2. The Balaban J connectivity index is 1.55. The highest BCUT2D eigenvalue weighted by atomic mass is 32.1. The lowest BCUT2D eigenvalue weighted by Crippen LogP contribution is -2.20. The van der Waals surface area contributed by atoms with Gasteiger partial charge in [0.1, 0.15) is 5.69 Å². The molecule has 3 aromatic rings. The minimum Gasteiger partial charge on any atom is -0.272 e. The van der Waals surface area contributed by atoms with E-state index >= 15 is 0 Å². The van der Waals surface area contributed by atoms with Crippen LogP contribution in [0.3, 0.4) is 0 Å². The third-order valence-electron chi connectivity index (χ3n) is 4.13. The highest BCUT2D eigenvalue weighted by molar-refractivity contribution is 7.13. The molecule has 24 heavy (non-hydrogen) atoms. The van der Waals surface area contributed by atoms with Crippen LogP contribution in [0.25, 0.3) is 11.3 Å². The summed E-state index contributed by atoms with van der Waals surface area (Å²) >= 11 is 1.63. The summed E-state index contributed by atoms with van der Waals surface area (Å²) in [5, 5.41) is 11.3. The molecule has 1 aliphatic carbocycles. The molecule has 0 atom stereocenters. The van der Waals surface area contributed by atoms with Crippen LogP contribution in [-0.2, 0) is 12.8 Å². The number of benzene rings is 1. The predicted molar refractivity (Wildman–Crippen MR) is 95.5 cm³/mol. The zero-order valence-corrected chi connectivity index (χ0v) is 14.0. The monoisotopic (exact) mass is 336 g/mol. The van der Waals surface area contributed by atoms with E-state index in [4.69, 9.17) is 0 Å². The largest absolute Gasteiger partial charge is 0.289 e. The van der Waals surface area contributed by atoms with Crippen molar-refractivity contribution >= 4 is 23.5 Å². The molecule has 1 amide bonds. The van der Waals surface area contributed by atoms with Crippen LogP contribution >= 0.6 is 11.3 Å². The first-order valence-electron chi connectivity index (χ1n) is 7.78. The Morgan fingerprint density at radius 2 is 2.17 bits per heavy atom. The van der Waals surface area contributed by atoms with Gasteiger partial charge in [-0.15, -0.1) is 11.3 Å². The van der Waals surface area contributed by atoms with Crippen molar-refractivity contribution in [3.63, 3.8) is 0 Å². The summed E-state index contributed by atoms with van der Waals surface area (Å²) in [5.74, 6) is -0.257. The number of H-pyrrole nitrogens is 1. The molecule has 1 aromatic carbocycles. The zero-order valence-electron chi connectivity index (χ0n) is 13.2. The molecule has 0 saturated heterocycles. The van der Waals surface area contributed by atoms with E-state index in [2.05, 4.69) is 26.8 Å². The molecule has 5 nitrogen and oxygen atoms in total. The average molecular weight is 336 g/mol. The Morgan fingerprint density at radius 1 is 1.29 bits per heavy atom. The van der Waals surface area contributed by atoms with Crippen LogP contribution in [0.2, 0.25) is 0 Å². The van der Waals surface area contributed by atoms with Crippen LogP contribution in [0.5, 0.6) is 0 Å². The van der Waals surface area contributed by atoms with Crippen molar-refractivity contribution in [2.24, 2.45) is 5.10 Å². The number of aryl methyl sites for hydroxylation is 2. The molecular weight excluding hydrogens is 320 g/mol. The van der Waals surface area contributed by atoms with Gasteiger partial charge < -0.3 is 0 Å². The normalized spacial score (nSPS) is 12.9. The first-order valence-corrected chi connectivity index (χ1v) is 8.59. The van der Waals surface area contributed by atoms with E-state index in [1.54, 1.807) is 17.6 Å². The lowest BCUT2D eigenvalue weighted by Gasteiger charge is -2.15. The molecule has 6 heteroatoms. The molecule has 1 aliphatic rings. The van der Waals surface area contributed by atoms with Gasteiger partial charge in [-0.1, -0.05) is 24.3 Å². The Labute approximate surface area is 143 Å². The topological polar surface area (TPSA) is 70.1 Å². The smallest absolute Gasteiger partial charge is 0.272 e. The van der Waals surface area contributed by atoms with Crippen LogP contribution in [0.1, 0.15) is 31.4 Å². The van der Waals surface area contributed by atoms with Crippen molar-refractivity contribution in [3.05, 3.63) is 63.0 Å². The quantitative estimate of drug-likeness (QED) is 0.569. The number of fused-ring (bicyclic) bond motifs is 3. The Hall–Kier alpha value is -2.73. The minimum atomic E-state index is -0.257. The van der Waals surface area contributed by atoms with Gasteiger partial charge in [0.2, 0.25) is 0 Å². The predicted octanol–water partition coefficient (Wildman–Crippen LogP) is 3.31. The fourth-order valence-corrected chi connectivity index (χ4v) is 3.73. The maximum absolute atomic E-state index is 12.4. The van der Waals surface area contributed by atoms with Crippen molar-refractivity contribution in [3.8, 4) is 11.3 Å². The lowest BCUT2D eigenvalue weighted by atomic mass is 9.89. The van der Waals surface area contributed by atoms with Crippen molar-refractivity contribution in [1.82, 2.24) is 15.6 Å². The van der Waals surface area contributed by atoms with Gasteiger partial charge in [-0.25, -0.2) is 5.43 Å². The van der Waals surface area contributed by atoms with Crippen LogP contribution in [0.15, 0.2) is 41.5 Å². The number of rotatable bonds is 3. The van der Waals surface area contributed by atoms with Crippen LogP contribution in [-0.4, -0.2) is 22.3 Å². The number of hydrogen-bond donors (Lipinski definition) is 2. The fraction of sp³-hybridized carbons (Fsp3) is 0.167. The number of nitrogens with zero attached hydrogens (tertiary/aromatic N) is 2. The second-order valence-electron chi connectivity index (χ2n) is 5.73. The van der Waals surface area contributed by atoms with E-state index in [0.717, 1.165) is 34.5 Å². The molecule has 0 radical (unpaired) electrons. The number of thiophene rings is 1. The van der Waals surface area contributed by atoms with Gasteiger partial charge in [0, 0.05) is 20.9 Å². The summed E-state index contributed by atoms with van der Waals surface area (Å²) in [4.78, 5) is 14.6. The summed E-state index contributed by atoms with van der Waals surface area (Å²) in [7, 11) is 0. The minimum absolute atomic E-state index is 0.257. The van der Waals surface area contributed by atoms with Gasteiger partial charge >= 0.3 is 0 Å². The van der Waals surface area contributed by atoms with Crippen molar-refractivity contribution in [2.45, 2.75) is 19.8 Å². The molecular formula is C18H16N4OS. The van der Waals surface area contributed by atoms with E-state index in [9.17, 15) is 4.79 Å². The van der Waals surface area contributed by atoms with Crippen molar-refractivity contribution < 1.29 is 4.79 Å². The molecule has 0 fully saturated rings. The van der Waals surface area contributed by atoms with Gasteiger partial charge in [0.05, 0.1) is 11.9 Å². The van der Waals surface area contributed by atoms with Crippen LogP contribution < -0.4 is 5.43 Å². The van der Waals surface area contributed by atoms with E-state index < -0.39 is 0 Å². The molecule has 0 spiro atoms. The van der Waals surface area contributed by atoms with Gasteiger partial charge in [0.15, 0.2) is 0 Å². The third-order valence-corrected chi connectivity index (χ3v) is 5.07. The molecule has 0 unspecified atom stereocenters. The summed E-state index contributed by atoms with van der Waals surface area (Å²) in [6.45, 7) is 2.04. The van der Waals surface area contributed by atoms with E-state index in [-0.39, 0.29) is 5.91 Å². The number of hydrazone groups is 1. The summed E-state index contributed by atoms with van der Waals surface area (Å²) in [6.07, 6.45) is 3.38. The molecule has 0 saturated carbocycles. The number of nitrogens with one attached hydrogen (secondary N) is 2. The maximum Gasteiger partial charge on any atom is 0.289 e. The maximum atomic E-state index is 12.4. The number of hydrogen-bond acceptors (Lipinski definition) is 4. The number of aromatic nitrogens is 2. The van der Waals surface area contributed by atoms with Gasteiger partial charge in [-0.05, 0) is 37.5 Å². The number of carbonyl (C=O) groups is 1. The molecule has 2 N–H and O–H groups in total. The molecule has 2 aromatic heterocycles. The van der Waals surface area contributed by atoms with Crippen LogP contribution in [0, 0.1) is 6.92 Å². The number of amides is 1. The van der Waals surface area contributed by atoms with Crippen LogP contribution in [0.4, 0.5) is 0 Å². The summed E-state index contributed by atoms with van der Waals surface area (Å²) < 4.78 is 0. The van der Waals surface area contributed by atoms with Gasteiger partial charge in [-0.3, -0.25) is 9.89 Å². The molecule has 120 valence electrons. The molecule has 0 aliphatic heterocycles. The SMILES string of the molecule is Cc1ccc(/C=N\NC(=O)c2[nH]nc3c2CCc2ccccc2-3)s1. The Bertz CT molecular complexity index is 938.